The van der Waals surface area contributed by atoms with Gasteiger partial charge in [-0.3, -0.25) is 9.10 Å². The molecule has 0 spiro atoms. The molecule has 164 valence electrons. The second-order valence-electron chi connectivity index (χ2n) is 7.77. The first-order valence-corrected chi connectivity index (χ1v) is 11.6. The Morgan fingerprint density at radius 2 is 1.81 bits per heavy atom. The SMILES string of the molecule is COc1cc2c(cc1OC)N(C)S(=O)(=O)C(C(=O)N[C@@H]1CCCc3ccccc31)=C2C. The lowest BCUT2D eigenvalue weighted by Crippen LogP contribution is -2.40. The van der Waals surface area contributed by atoms with Crippen LogP contribution in [0.3, 0.4) is 0 Å². The molecule has 1 aliphatic heterocycles. The van der Waals surface area contributed by atoms with E-state index in [2.05, 4.69) is 11.4 Å². The highest BCUT2D eigenvalue weighted by Gasteiger charge is 2.39. The van der Waals surface area contributed by atoms with Crippen molar-refractivity contribution in [2.45, 2.75) is 32.2 Å². The number of anilines is 1. The van der Waals surface area contributed by atoms with Gasteiger partial charge in [0, 0.05) is 18.7 Å². The molecule has 0 unspecified atom stereocenters. The zero-order valence-corrected chi connectivity index (χ0v) is 18.9. The molecule has 0 saturated carbocycles. The highest BCUT2D eigenvalue weighted by Crippen LogP contribution is 2.44. The summed E-state index contributed by atoms with van der Waals surface area (Å²) in [6.07, 6.45) is 2.67. The Balaban J connectivity index is 1.78. The maximum atomic E-state index is 13.3. The summed E-state index contributed by atoms with van der Waals surface area (Å²) < 4.78 is 38.4. The molecule has 0 bridgehead atoms. The van der Waals surface area contributed by atoms with Gasteiger partial charge >= 0.3 is 0 Å². The molecule has 2 aromatic carbocycles. The van der Waals surface area contributed by atoms with Gasteiger partial charge in [-0.15, -0.1) is 0 Å². The lowest BCUT2D eigenvalue weighted by molar-refractivity contribution is -0.117. The number of hydrogen-bond donors (Lipinski definition) is 1. The van der Waals surface area contributed by atoms with E-state index >= 15 is 0 Å². The van der Waals surface area contributed by atoms with Crippen LogP contribution in [-0.4, -0.2) is 35.6 Å². The summed E-state index contributed by atoms with van der Waals surface area (Å²) in [7, 11) is 0.414. The van der Waals surface area contributed by atoms with Crippen molar-refractivity contribution < 1.29 is 22.7 Å². The third-order valence-electron chi connectivity index (χ3n) is 6.09. The van der Waals surface area contributed by atoms with Crippen molar-refractivity contribution in [2.75, 3.05) is 25.6 Å². The maximum Gasteiger partial charge on any atom is 0.269 e. The minimum absolute atomic E-state index is 0.218. The smallest absolute Gasteiger partial charge is 0.269 e. The molecule has 0 fully saturated rings. The predicted octanol–water partition coefficient (Wildman–Crippen LogP) is 3.41. The van der Waals surface area contributed by atoms with Gasteiger partial charge in [-0.2, -0.15) is 0 Å². The van der Waals surface area contributed by atoms with Crippen LogP contribution in [0.5, 0.6) is 11.5 Å². The number of hydrogen-bond acceptors (Lipinski definition) is 5. The van der Waals surface area contributed by atoms with Gasteiger partial charge in [-0.05, 0) is 49.0 Å². The van der Waals surface area contributed by atoms with Gasteiger partial charge < -0.3 is 14.8 Å². The first-order chi connectivity index (χ1) is 14.8. The zero-order valence-electron chi connectivity index (χ0n) is 18.1. The number of fused-ring (bicyclic) bond motifs is 2. The molecule has 1 N–H and O–H groups in total. The number of nitrogens with zero attached hydrogens (tertiary/aromatic N) is 1. The van der Waals surface area contributed by atoms with Crippen molar-refractivity contribution in [3.63, 3.8) is 0 Å². The van der Waals surface area contributed by atoms with Gasteiger partial charge in [0.1, 0.15) is 0 Å². The Morgan fingerprint density at radius 3 is 2.52 bits per heavy atom. The Bertz CT molecular complexity index is 1190. The quantitative estimate of drug-likeness (QED) is 0.784. The summed E-state index contributed by atoms with van der Waals surface area (Å²) in [5.74, 6) is 0.295. The predicted molar refractivity (Wildman–Crippen MR) is 120 cm³/mol. The van der Waals surface area contributed by atoms with Crippen LogP contribution in [0.15, 0.2) is 41.3 Å². The van der Waals surface area contributed by atoms with Crippen molar-refractivity contribution >= 4 is 27.2 Å². The minimum atomic E-state index is -4.03. The molecule has 7 nitrogen and oxygen atoms in total. The summed E-state index contributed by atoms with van der Waals surface area (Å²) in [6, 6.07) is 11.1. The fourth-order valence-corrected chi connectivity index (χ4v) is 5.90. The number of aryl methyl sites for hydroxylation is 1. The standard InChI is InChI=1S/C23H26N2O5S/c1-14-17-12-20(29-3)21(30-4)13-19(17)25(2)31(27,28)22(14)23(26)24-18-11-7-9-15-8-5-6-10-16(15)18/h5-6,8,10,12-13,18H,7,9,11H2,1-4H3,(H,24,26)/t18-/m1/s1. The molecular formula is C23H26N2O5S. The molecule has 2 aliphatic rings. The number of sulfonamides is 1. The fraction of sp³-hybridized carbons (Fsp3) is 0.348. The number of nitrogens with one attached hydrogen (secondary N) is 1. The molecular weight excluding hydrogens is 416 g/mol. The van der Waals surface area contributed by atoms with E-state index in [-0.39, 0.29) is 10.9 Å². The number of rotatable bonds is 4. The number of benzene rings is 2. The number of carbonyl (C=O) groups is 1. The lowest BCUT2D eigenvalue weighted by Gasteiger charge is -2.32. The molecule has 31 heavy (non-hydrogen) atoms. The van der Waals surface area contributed by atoms with Crippen LogP contribution in [0, 0.1) is 0 Å². The van der Waals surface area contributed by atoms with Crippen LogP contribution < -0.4 is 19.1 Å². The van der Waals surface area contributed by atoms with Crippen molar-refractivity contribution in [1.29, 1.82) is 0 Å². The number of ether oxygens (including phenoxy) is 2. The monoisotopic (exact) mass is 442 g/mol. The Hall–Kier alpha value is -3.00. The van der Waals surface area contributed by atoms with Crippen LogP contribution in [0.25, 0.3) is 5.57 Å². The maximum absolute atomic E-state index is 13.3. The van der Waals surface area contributed by atoms with Crippen LogP contribution >= 0.6 is 0 Å². The van der Waals surface area contributed by atoms with Gasteiger partial charge in [0.2, 0.25) is 0 Å². The van der Waals surface area contributed by atoms with Gasteiger partial charge in [-0.1, -0.05) is 24.3 Å². The lowest BCUT2D eigenvalue weighted by atomic mass is 9.87. The summed E-state index contributed by atoms with van der Waals surface area (Å²) >= 11 is 0. The van der Waals surface area contributed by atoms with E-state index in [1.165, 1.54) is 26.8 Å². The minimum Gasteiger partial charge on any atom is -0.493 e. The molecule has 1 aliphatic carbocycles. The van der Waals surface area contributed by atoms with E-state index in [9.17, 15) is 13.2 Å². The molecule has 8 heteroatoms. The summed E-state index contributed by atoms with van der Waals surface area (Å²) in [5.41, 5.74) is 3.68. The molecule has 1 amide bonds. The summed E-state index contributed by atoms with van der Waals surface area (Å²) in [5, 5.41) is 2.97. The van der Waals surface area contributed by atoms with E-state index in [4.69, 9.17) is 9.47 Å². The molecule has 1 heterocycles. The number of carbonyl (C=O) groups excluding carboxylic acids is 1. The average Bonchev–Trinajstić information content (AvgIpc) is 2.77. The van der Waals surface area contributed by atoms with Crippen molar-refractivity contribution in [3.05, 3.63) is 58.0 Å². The van der Waals surface area contributed by atoms with Gasteiger partial charge in [0.05, 0.1) is 25.9 Å². The van der Waals surface area contributed by atoms with Gasteiger partial charge in [0.15, 0.2) is 16.4 Å². The first kappa shape index (κ1) is 21.2. The Morgan fingerprint density at radius 1 is 1.13 bits per heavy atom. The Kier molecular flexibility index (Phi) is 5.43. The van der Waals surface area contributed by atoms with Crippen LogP contribution in [0.1, 0.15) is 42.5 Å². The second-order valence-corrected chi connectivity index (χ2v) is 9.67. The number of methoxy groups -OCH3 is 2. The van der Waals surface area contributed by atoms with Crippen molar-refractivity contribution in [3.8, 4) is 11.5 Å². The van der Waals surface area contributed by atoms with Crippen LogP contribution in [0.2, 0.25) is 0 Å². The molecule has 0 aromatic heterocycles. The van der Waals surface area contributed by atoms with Crippen LogP contribution in [-0.2, 0) is 21.2 Å². The first-order valence-electron chi connectivity index (χ1n) is 10.1. The van der Waals surface area contributed by atoms with Gasteiger partial charge in [0.25, 0.3) is 15.9 Å². The van der Waals surface area contributed by atoms with E-state index in [1.54, 1.807) is 19.1 Å². The van der Waals surface area contributed by atoms with Crippen LogP contribution in [0.4, 0.5) is 5.69 Å². The molecule has 0 saturated heterocycles. The summed E-state index contributed by atoms with van der Waals surface area (Å²) in [6.45, 7) is 1.65. The van der Waals surface area contributed by atoms with Gasteiger partial charge in [-0.25, -0.2) is 8.42 Å². The number of amides is 1. The average molecular weight is 443 g/mol. The third-order valence-corrected chi connectivity index (χ3v) is 8.01. The highest BCUT2D eigenvalue weighted by molar-refractivity contribution is 7.97. The van der Waals surface area contributed by atoms with E-state index in [1.807, 2.05) is 18.2 Å². The van der Waals surface area contributed by atoms with Crippen molar-refractivity contribution in [2.24, 2.45) is 0 Å². The zero-order chi connectivity index (χ0) is 22.3. The molecule has 2 aromatic rings. The largest absolute Gasteiger partial charge is 0.493 e. The normalized spacial score (nSPS) is 19.4. The van der Waals surface area contributed by atoms with E-state index in [0.717, 1.165) is 29.1 Å². The molecule has 1 atom stereocenters. The fourth-order valence-electron chi connectivity index (χ4n) is 4.43. The highest BCUT2D eigenvalue weighted by atomic mass is 32.2. The van der Waals surface area contributed by atoms with E-state index < -0.39 is 15.9 Å². The van der Waals surface area contributed by atoms with Crippen molar-refractivity contribution in [1.82, 2.24) is 5.32 Å². The Labute approximate surface area is 182 Å². The molecule has 4 rings (SSSR count). The molecule has 0 radical (unpaired) electrons. The topological polar surface area (TPSA) is 84.9 Å². The third kappa shape index (κ3) is 3.44. The van der Waals surface area contributed by atoms with E-state index in [0.29, 0.717) is 28.3 Å². The summed E-state index contributed by atoms with van der Waals surface area (Å²) in [4.78, 5) is 13.1. The second kappa shape index (κ2) is 7.92. The number of allylic oxidation sites excluding steroid dienone is 1.